The van der Waals surface area contributed by atoms with Crippen LogP contribution in [0.1, 0.15) is 32.1 Å². The van der Waals surface area contributed by atoms with Crippen LogP contribution in [-0.4, -0.2) is 61.0 Å². The van der Waals surface area contributed by atoms with Crippen molar-refractivity contribution in [2.75, 3.05) is 39.3 Å². The molecule has 1 N–H and O–H groups in total. The maximum atomic E-state index is 11.4. The minimum atomic E-state index is 0.206. The number of carbonyl (C=O) groups excluding carboxylic acids is 1. The fourth-order valence-corrected chi connectivity index (χ4v) is 3.97. The number of hydrogen-bond donors (Lipinski definition) is 1. The average Bonchev–Trinajstić information content (AvgIpc) is 2.39. The number of amides is 1. The molecule has 0 bridgehead atoms. The van der Waals surface area contributed by atoms with Gasteiger partial charge in [-0.2, -0.15) is 0 Å². The van der Waals surface area contributed by atoms with Crippen LogP contribution in [-0.2, 0) is 4.79 Å². The molecule has 0 unspecified atom stereocenters. The van der Waals surface area contributed by atoms with Crippen LogP contribution in [0.3, 0.4) is 0 Å². The average molecular weight is 251 g/mol. The summed E-state index contributed by atoms with van der Waals surface area (Å²) in [5, 5.41) is 2.91. The second-order valence-electron chi connectivity index (χ2n) is 6.09. The molecule has 102 valence electrons. The molecule has 2 atom stereocenters. The summed E-state index contributed by atoms with van der Waals surface area (Å²) >= 11 is 0. The molecule has 0 aromatic carbocycles. The summed E-state index contributed by atoms with van der Waals surface area (Å²) in [6, 6.07) is 0.803. The summed E-state index contributed by atoms with van der Waals surface area (Å²) in [6.07, 6.45) is 6.87. The highest BCUT2D eigenvalue weighted by Crippen LogP contribution is 2.31. The zero-order valence-corrected chi connectivity index (χ0v) is 11.2. The largest absolute Gasteiger partial charge is 0.354 e. The minimum absolute atomic E-state index is 0.206. The lowest BCUT2D eigenvalue weighted by atomic mass is 9.83. The van der Waals surface area contributed by atoms with Crippen LogP contribution in [0.2, 0.25) is 0 Å². The van der Waals surface area contributed by atoms with E-state index in [2.05, 4.69) is 15.1 Å². The van der Waals surface area contributed by atoms with Crippen molar-refractivity contribution >= 4 is 5.91 Å². The summed E-state index contributed by atoms with van der Waals surface area (Å²) in [5.74, 6) is 1.00. The Labute approximate surface area is 110 Å². The van der Waals surface area contributed by atoms with Crippen molar-refractivity contribution in [1.82, 2.24) is 15.1 Å². The Morgan fingerprint density at radius 1 is 1.11 bits per heavy atom. The SMILES string of the molecule is O=C1CN(C[C@@H]2CCCN3CCCC[C@H]23)CCN1. The van der Waals surface area contributed by atoms with Crippen molar-refractivity contribution in [2.45, 2.75) is 38.1 Å². The van der Waals surface area contributed by atoms with Gasteiger partial charge in [0.25, 0.3) is 0 Å². The van der Waals surface area contributed by atoms with E-state index >= 15 is 0 Å². The number of piperazine rings is 1. The molecule has 3 saturated heterocycles. The van der Waals surface area contributed by atoms with Crippen molar-refractivity contribution in [3.63, 3.8) is 0 Å². The van der Waals surface area contributed by atoms with Gasteiger partial charge in [0.15, 0.2) is 0 Å². The Balaban J connectivity index is 1.58. The van der Waals surface area contributed by atoms with E-state index < -0.39 is 0 Å². The standard InChI is InChI=1S/C14H25N3O/c18-14-11-16(9-6-15-14)10-12-4-3-8-17-7-2-1-5-13(12)17/h12-13H,1-11H2,(H,15,18)/t12-,13+/m0/s1. The fourth-order valence-electron chi connectivity index (χ4n) is 3.97. The summed E-state index contributed by atoms with van der Waals surface area (Å²) in [6.45, 7) is 6.23. The molecule has 4 nitrogen and oxygen atoms in total. The molecule has 0 radical (unpaired) electrons. The van der Waals surface area contributed by atoms with Crippen LogP contribution < -0.4 is 5.32 Å². The smallest absolute Gasteiger partial charge is 0.234 e. The van der Waals surface area contributed by atoms with E-state index in [0.717, 1.165) is 31.6 Å². The van der Waals surface area contributed by atoms with Gasteiger partial charge in [-0.1, -0.05) is 6.42 Å². The van der Waals surface area contributed by atoms with Crippen molar-refractivity contribution in [3.05, 3.63) is 0 Å². The Morgan fingerprint density at radius 3 is 2.89 bits per heavy atom. The molecular weight excluding hydrogens is 226 g/mol. The fraction of sp³-hybridized carbons (Fsp3) is 0.929. The Morgan fingerprint density at radius 2 is 2.00 bits per heavy atom. The third kappa shape index (κ3) is 2.69. The molecule has 3 rings (SSSR count). The monoisotopic (exact) mass is 251 g/mol. The van der Waals surface area contributed by atoms with E-state index in [-0.39, 0.29) is 5.91 Å². The van der Waals surface area contributed by atoms with Gasteiger partial charge in [-0.3, -0.25) is 9.69 Å². The Kier molecular flexibility index (Phi) is 3.85. The maximum Gasteiger partial charge on any atom is 0.234 e. The van der Waals surface area contributed by atoms with Crippen molar-refractivity contribution in [1.29, 1.82) is 0 Å². The van der Waals surface area contributed by atoms with Gasteiger partial charge in [0.05, 0.1) is 6.54 Å². The van der Waals surface area contributed by atoms with E-state index in [1.807, 2.05) is 0 Å². The summed E-state index contributed by atoms with van der Waals surface area (Å²) < 4.78 is 0. The number of hydrogen-bond acceptors (Lipinski definition) is 3. The van der Waals surface area contributed by atoms with E-state index in [1.165, 1.54) is 45.2 Å². The molecule has 4 heteroatoms. The first-order chi connectivity index (χ1) is 8.83. The van der Waals surface area contributed by atoms with Gasteiger partial charge < -0.3 is 10.2 Å². The first-order valence-corrected chi connectivity index (χ1v) is 7.56. The predicted molar refractivity (Wildman–Crippen MR) is 71.4 cm³/mol. The Hall–Kier alpha value is -0.610. The molecule has 3 fully saturated rings. The molecule has 3 heterocycles. The number of fused-ring (bicyclic) bond motifs is 1. The molecule has 0 aliphatic carbocycles. The second kappa shape index (κ2) is 5.57. The van der Waals surface area contributed by atoms with Crippen LogP contribution in [0.25, 0.3) is 0 Å². The van der Waals surface area contributed by atoms with E-state index in [1.54, 1.807) is 0 Å². The van der Waals surface area contributed by atoms with Gasteiger partial charge in [0.1, 0.15) is 0 Å². The number of nitrogens with zero attached hydrogens (tertiary/aromatic N) is 2. The number of nitrogens with one attached hydrogen (secondary N) is 1. The lowest BCUT2D eigenvalue weighted by Crippen LogP contribution is -2.54. The van der Waals surface area contributed by atoms with E-state index in [4.69, 9.17) is 0 Å². The van der Waals surface area contributed by atoms with Crippen molar-refractivity contribution < 1.29 is 4.79 Å². The topological polar surface area (TPSA) is 35.6 Å². The van der Waals surface area contributed by atoms with Crippen molar-refractivity contribution in [3.8, 4) is 0 Å². The highest BCUT2D eigenvalue weighted by molar-refractivity contribution is 5.78. The lowest BCUT2D eigenvalue weighted by Gasteiger charge is -2.46. The lowest BCUT2D eigenvalue weighted by molar-refractivity contribution is -0.124. The number of rotatable bonds is 2. The van der Waals surface area contributed by atoms with Crippen LogP contribution in [0, 0.1) is 5.92 Å². The highest BCUT2D eigenvalue weighted by atomic mass is 16.2. The molecule has 0 saturated carbocycles. The number of piperidine rings is 2. The van der Waals surface area contributed by atoms with Gasteiger partial charge in [-0.25, -0.2) is 0 Å². The zero-order chi connectivity index (χ0) is 12.4. The second-order valence-corrected chi connectivity index (χ2v) is 6.09. The van der Waals surface area contributed by atoms with Gasteiger partial charge in [-0.05, 0) is 44.7 Å². The summed E-state index contributed by atoms with van der Waals surface area (Å²) in [4.78, 5) is 16.5. The first kappa shape index (κ1) is 12.4. The van der Waals surface area contributed by atoms with Gasteiger partial charge >= 0.3 is 0 Å². The molecule has 0 aromatic heterocycles. The van der Waals surface area contributed by atoms with Crippen LogP contribution >= 0.6 is 0 Å². The molecule has 0 spiro atoms. The normalized spacial score (nSPS) is 35.0. The summed E-state index contributed by atoms with van der Waals surface area (Å²) in [7, 11) is 0. The number of carbonyl (C=O) groups is 1. The molecule has 1 amide bonds. The van der Waals surface area contributed by atoms with E-state index in [0.29, 0.717) is 6.54 Å². The van der Waals surface area contributed by atoms with Crippen LogP contribution in [0.5, 0.6) is 0 Å². The Bertz CT molecular complexity index is 305. The summed E-state index contributed by atoms with van der Waals surface area (Å²) in [5.41, 5.74) is 0. The predicted octanol–water partition coefficient (Wildman–Crippen LogP) is 0.683. The molecular formula is C14H25N3O. The third-order valence-electron chi connectivity index (χ3n) is 4.84. The van der Waals surface area contributed by atoms with Gasteiger partial charge in [-0.15, -0.1) is 0 Å². The quantitative estimate of drug-likeness (QED) is 0.784. The third-order valence-corrected chi connectivity index (χ3v) is 4.84. The first-order valence-electron chi connectivity index (χ1n) is 7.56. The van der Waals surface area contributed by atoms with Gasteiger partial charge in [0, 0.05) is 25.7 Å². The highest BCUT2D eigenvalue weighted by Gasteiger charge is 2.34. The maximum absolute atomic E-state index is 11.4. The van der Waals surface area contributed by atoms with E-state index in [9.17, 15) is 4.79 Å². The van der Waals surface area contributed by atoms with Crippen LogP contribution in [0.15, 0.2) is 0 Å². The minimum Gasteiger partial charge on any atom is -0.354 e. The molecule has 18 heavy (non-hydrogen) atoms. The molecule has 3 aliphatic heterocycles. The van der Waals surface area contributed by atoms with Crippen molar-refractivity contribution in [2.24, 2.45) is 5.92 Å². The van der Waals surface area contributed by atoms with Gasteiger partial charge in [0.2, 0.25) is 5.91 Å². The molecule has 0 aromatic rings. The van der Waals surface area contributed by atoms with Crippen LogP contribution in [0.4, 0.5) is 0 Å². The zero-order valence-electron chi connectivity index (χ0n) is 11.2. The molecule has 3 aliphatic rings.